The monoisotopic (exact) mass is 305 g/mol. The van der Waals surface area contributed by atoms with E-state index in [0.29, 0.717) is 19.8 Å². The van der Waals surface area contributed by atoms with Crippen molar-refractivity contribution >= 4 is 11.3 Å². The summed E-state index contributed by atoms with van der Waals surface area (Å²) >= 11 is 1.67. The lowest BCUT2D eigenvalue weighted by atomic mass is 10.0. The van der Waals surface area contributed by atoms with Gasteiger partial charge < -0.3 is 15.2 Å². The van der Waals surface area contributed by atoms with E-state index in [2.05, 4.69) is 24.4 Å². The average molecular weight is 305 g/mol. The molecule has 0 saturated carbocycles. The average Bonchev–Trinajstić information content (AvgIpc) is 3.02. The number of rotatable bonds is 9. The molecular weight excluding hydrogens is 282 g/mol. The minimum Gasteiger partial charge on any atom is -0.389 e. The fraction of sp³-hybridized carbons (Fsp3) is 0.412. The van der Waals surface area contributed by atoms with Gasteiger partial charge in [-0.25, -0.2) is 0 Å². The van der Waals surface area contributed by atoms with E-state index in [1.807, 2.05) is 35.7 Å². The Morgan fingerprint density at radius 1 is 1.19 bits per heavy atom. The van der Waals surface area contributed by atoms with E-state index in [1.54, 1.807) is 11.3 Å². The lowest BCUT2D eigenvalue weighted by Gasteiger charge is -2.20. The van der Waals surface area contributed by atoms with Crippen molar-refractivity contribution in [3.8, 4) is 0 Å². The molecule has 0 aliphatic rings. The maximum Gasteiger partial charge on any atom is 0.0898 e. The van der Waals surface area contributed by atoms with E-state index in [0.717, 1.165) is 6.42 Å². The second kappa shape index (κ2) is 8.95. The lowest BCUT2D eigenvalue weighted by Crippen LogP contribution is -2.32. The number of aliphatic hydroxyl groups is 1. The van der Waals surface area contributed by atoms with Gasteiger partial charge >= 0.3 is 0 Å². The molecule has 0 aliphatic carbocycles. The summed E-state index contributed by atoms with van der Waals surface area (Å²) in [5.74, 6) is 0. The van der Waals surface area contributed by atoms with Crippen molar-refractivity contribution in [1.29, 1.82) is 0 Å². The molecule has 21 heavy (non-hydrogen) atoms. The van der Waals surface area contributed by atoms with Crippen molar-refractivity contribution in [2.24, 2.45) is 0 Å². The van der Waals surface area contributed by atoms with E-state index < -0.39 is 6.10 Å². The van der Waals surface area contributed by atoms with Gasteiger partial charge in [0.05, 0.1) is 19.3 Å². The fourth-order valence-corrected chi connectivity index (χ4v) is 2.85. The Bertz CT molecular complexity index is 487. The van der Waals surface area contributed by atoms with Crippen LogP contribution in [0.15, 0.2) is 47.8 Å². The summed E-state index contributed by atoms with van der Waals surface area (Å²) in [5.41, 5.74) is 1.26. The summed E-state index contributed by atoms with van der Waals surface area (Å²) in [4.78, 5) is 1.19. The number of ether oxygens (including phenoxy) is 1. The number of hydrogen-bond acceptors (Lipinski definition) is 4. The zero-order valence-electron chi connectivity index (χ0n) is 12.4. The van der Waals surface area contributed by atoms with E-state index in [1.165, 1.54) is 10.4 Å². The first-order chi connectivity index (χ1) is 10.3. The number of benzene rings is 1. The summed E-state index contributed by atoms with van der Waals surface area (Å²) in [7, 11) is 0. The first-order valence-electron chi connectivity index (χ1n) is 7.36. The van der Waals surface area contributed by atoms with Crippen LogP contribution in [-0.2, 0) is 11.3 Å². The summed E-state index contributed by atoms with van der Waals surface area (Å²) in [6.07, 6.45) is 0.509. The molecule has 0 fully saturated rings. The molecule has 0 radical (unpaired) electrons. The molecule has 0 spiro atoms. The van der Waals surface area contributed by atoms with Gasteiger partial charge in [0, 0.05) is 17.5 Å². The van der Waals surface area contributed by atoms with Crippen molar-refractivity contribution < 1.29 is 9.84 Å². The van der Waals surface area contributed by atoms with Gasteiger partial charge in [0.1, 0.15) is 0 Å². The van der Waals surface area contributed by atoms with Gasteiger partial charge in [-0.15, -0.1) is 11.3 Å². The normalized spacial score (nSPS) is 14.0. The van der Waals surface area contributed by atoms with Crippen molar-refractivity contribution in [3.63, 3.8) is 0 Å². The van der Waals surface area contributed by atoms with Crippen LogP contribution in [0.1, 0.15) is 29.8 Å². The Labute approximate surface area is 130 Å². The quantitative estimate of drug-likeness (QED) is 0.746. The molecular formula is C17H23NO2S. The molecule has 2 N–H and O–H groups in total. The van der Waals surface area contributed by atoms with Gasteiger partial charge in [0.15, 0.2) is 0 Å². The summed E-state index contributed by atoms with van der Waals surface area (Å²) in [5, 5.41) is 15.4. The van der Waals surface area contributed by atoms with Crippen LogP contribution < -0.4 is 5.32 Å². The molecule has 0 bridgehead atoms. The molecule has 1 aromatic carbocycles. The second-order valence-electron chi connectivity index (χ2n) is 5.03. The number of aliphatic hydroxyl groups excluding tert-OH is 1. The van der Waals surface area contributed by atoms with Crippen LogP contribution in [-0.4, -0.2) is 24.4 Å². The maximum absolute atomic E-state index is 9.99. The van der Waals surface area contributed by atoms with Crippen LogP contribution >= 0.6 is 11.3 Å². The first kappa shape index (κ1) is 16.2. The van der Waals surface area contributed by atoms with Gasteiger partial charge in [-0.3, -0.25) is 0 Å². The molecule has 2 atom stereocenters. The molecule has 2 aromatic rings. The largest absolute Gasteiger partial charge is 0.389 e. The van der Waals surface area contributed by atoms with E-state index in [-0.39, 0.29) is 6.04 Å². The lowest BCUT2D eigenvalue weighted by molar-refractivity contribution is 0.0285. The molecule has 0 saturated heterocycles. The Kier molecular flexibility index (Phi) is 6.89. The molecule has 3 nitrogen and oxygen atoms in total. The Balaban J connectivity index is 1.68. The highest BCUT2D eigenvalue weighted by Gasteiger charge is 2.11. The van der Waals surface area contributed by atoms with Crippen LogP contribution in [0.5, 0.6) is 0 Å². The molecule has 114 valence electrons. The van der Waals surface area contributed by atoms with Gasteiger partial charge in [0.25, 0.3) is 0 Å². The summed E-state index contributed by atoms with van der Waals surface area (Å²) in [6.45, 7) is 3.61. The smallest absolute Gasteiger partial charge is 0.0898 e. The highest BCUT2D eigenvalue weighted by molar-refractivity contribution is 7.09. The van der Waals surface area contributed by atoms with Crippen LogP contribution in [0, 0.1) is 0 Å². The molecule has 4 heteroatoms. The summed E-state index contributed by atoms with van der Waals surface area (Å²) < 4.78 is 5.53. The second-order valence-corrected chi connectivity index (χ2v) is 6.06. The standard InChI is InChI=1S/C17H23NO2S/c1-2-17(14-7-4-3-5-8-14)18-11-15(19)12-20-13-16-9-6-10-21-16/h3-10,15,17-19H,2,11-13H2,1H3. The van der Waals surface area contributed by atoms with Crippen LogP contribution in [0.4, 0.5) is 0 Å². The minimum absolute atomic E-state index is 0.276. The zero-order valence-corrected chi connectivity index (χ0v) is 13.2. The van der Waals surface area contributed by atoms with Crippen LogP contribution in [0.3, 0.4) is 0 Å². The predicted molar refractivity (Wildman–Crippen MR) is 87.5 cm³/mol. The zero-order chi connectivity index (χ0) is 14.9. The third kappa shape index (κ3) is 5.59. The molecule has 2 rings (SSSR count). The maximum atomic E-state index is 9.99. The topological polar surface area (TPSA) is 41.5 Å². The van der Waals surface area contributed by atoms with E-state index in [4.69, 9.17) is 4.74 Å². The number of hydrogen-bond donors (Lipinski definition) is 2. The van der Waals surface area contributed by atoms with Crippen molar-refractivity contribution in [2.75, 3.05) is 13.2 Å². The van der Waals surface area contributed by atoms with Crippen molar-refractivity contribution in [1.82, 2.24) is 5.32 Å². The first-order valence-corrected chi connectivity index (χ1v) is 8.24. The van der Waals surface area contributed by atoms with Gasteiger partial charge in [0.2, 0.25) is 0 Å². The SMILES string of the molecule is CCC(NCC(O)COCc1cccs1)c1ccccc1. The van der Waals surface area contributed by atoms with Crippen molar-refractivity contribution in [3.05, 3.63) is 58.3 Å². The number of nitrogens with one attached hydrogen (secondary N) is 1. The van der Waals surface area contributed by atoms with Gasteiger partial charge in [-0.05, 0) is 23.4 Å². The van der Waals surface area contributed by atoms with Gasteiger partial charge in [-0.2, -0.15) is 0 Å². The van der Waals surface area contributed by atoms with Crippen LogP contribution in [0.25, 0.3) is 0 Å². The van der Waals surface area contributed by atoms with E-state index in [9.17, 15) is 5.11 Å². The highest BCUT2D eigenvalue weighted by Crippen LogP contribution is 2.15. The third-order valence-electron chi connectivity index (χ3n) is 3.34. The molecule has 0 amide bonds. The molecule has 2 unspecified atom stereocenters. The third-order valence-corrected chi connectivity index (χ3v) is 4.19. The minimum atomic E-state index is -0.484. The van der Waals surface area contributed by atoms with Gasteiger partial charge in [-0.1, -0.05) is 43.3 Å². The Morgan fingerprint density at radius 2 is 2.00 bits per heavy atom. The molecule has 1 heterocycles. The number of thiophene rings is 1. The Hall–Kier alpha value is -1.20. The summed E-state index contributed by atoms with van der Waals surface area (Å²) in [6, 6.07) is 14.6. The fourth-order valence-electron chi connectivity index (χ4n) is 2.21. The Morgan fingerprint density at radius 3 is 2.67 bits per heavy atom. The molecule has 0 aliphatic heterocycles. The predicted octanol–water partition coefficient (Wildman–Crippen LogP) is 3.37. The molecule has 1 aromatic heterocycles. The van der Waals surface area contributed by atoms with Crippen LogP contribution in [0.2, 0.25) is 0 Å². The van der Waals surface area contributed by atoms with Crippen molar-refractivity contribution in [2.45, 2.75) is 32.1 Å². The van der Waals surface area contributed by atoms with E-state index >= 15 is 0 Å². The highest BCUT2D eigenvalue weighted by atomic mass is 32.1.